The lowest BCUT2D eigenvalue weighted by Crippen LogP contribution is -2.27. The van der Waals surface area contributed by atoms with E-state index < -0.39 is 11.0 Å². The van der Waals surface area contributed by atoms with Crippen LogP contribution in [-0.2, 0) is 4.79 Å². The average molecular weight is 371 g/mol. The van der Waals surface area contributed by atoms with Gasteiger partial charge in [0, 0.05) is 12.1 Å². The van der Waals surface area contributed by atoms with Crippen molar-refractivity contribution < 1.29 is 9.72 Å². The van der Waals surface area contributed by atoms with Crippen LogP contribution in [0, 0.1) is 24.0 Å². The molecule has 0 saturated heterocycles. The van der Waals surface area contributed by atoms with Crippen LogP contribution in [0.5, 0.6) is 0 Å². The summed E-state index contributed by atoms with van der Waals surface area (Å²) >= 11 is 12.2. The van der Waals surface area contributed by atoms with Crippen LogP contribution in [0.2, 0.25) is 10.0 Å². The summed E-state index contributed by atoms with van der Waals surface area (Å²) in [7, 11) is 0. The Morgan fingerprint density at radius 1 is 1.42 bits per heavy atom. The molecule has 7 nitrogen and oxygen atoms in total. The fourth-order valence-corrected chi connectivity index (χ4v) is 2.64. The van der Waals surface area contributed by atoms with Crippen LogP contribution in [0.4, 0.5) is 11.4 Å². The van der Waals surface area contributed by atoms with Crippen molar-refractivity contribution in [3.8, 4) is 0 Å². The van der Waals surface area contributed by atoms with E-state index in [4.69, 9.17) is 23.2 Å². The van der Waals surface area contributed by atoms with Gasteiger partial charge in [-0.15, -0.1) is 0 Å². The maximum absolute atomic E-state index is 12.6. The van der Waals surface area contributed by atoms with Gasteiger partial charge in [0.25, 0.3) is 5.69 Å². The highest BCUT2D eigenvalue weighted by atomic mass is 35.5. The number of carbonyl (C=O) groups excluding carboxylic acids is 1. The van der Waals surface area contributed by atoms with Crippen molar-refractivity contribution in [2.75, 3.05) is 5.32 Å². The molecule has 0 fully saturated rings. The summed E-state index contributed by atoms with van der Waals surface area (Å²) in [5.41, 5.74) is 1.34. The summed E-state index contributed by atoms with van der Waals surface area (Å²) in [6.45, 7) is 5.37. The van der Waals surface area contributed by atoms with Gasteiger partial charge in [0.1, 0.15) is 6.04 Å². The molecule has 1 heterocycles. The van der Waals surface area contributed by atoms with E-state index in [-0.39, 0.29) is 22.3 Å². The Morgan fingerprint density at radius 3 is 2.58 bits per heavy atom. The molecule has 0 bridgehead atoms. The number of rotatable bonds is 5. The Labute approximate surface area is 148 Å². The van der Waals surface area contributed by atoms with Crippen LogP contribution in [0.25, 0.3) is 0 Å². The number of aryl methyl sites for hydroxylation is 1. The second kappa shape index (κ2) is 7.19. The van der Waals surface area contributed by atoms with Gasteiger partial charge in [-0.2, -0.15) is 5.10 Å². The smallest absolute Gasteiger partial charge is 0.271 e. The molecule has 24 heavy (non-hydrogen) atoms. The number of amides is 1. The molecule has 9 heteroatoms. The first-order valence-electron chi connectivity index (χ1n) is 7.22. The Balaban J connectivity index is 2.32. The van der Waals surface area contributed by atoms with Gasteiger partial charge in [0.2, 0.25) is 5.91 Å². The summed E-state index contributed by atoms with van der Waals surface area (Å²) in [4.78, 5) is 22.9. The van der Waals surface area contributed by atoms with E-state index in [1.807, 2.05) is 6.92 Å². The molecule has 0 radical (unpaired) electrons. The Kier molecular flexibility index (Phi) is 5.46. The van der Waals surface area contributed by atoms with Crippen molar-refractivity contribution >= 4 is 40.5 Å². The Morgan fingerprint density at radius 2 is 2.08 bits per heavy atom. The Hall–Kier alpha value is -2.12. The normalized spacial score (nSPS) is 12.0. The first-order chi connectivity index (χ1) is 11.3. The van der Waals surface area contributed by atoms with Crippen LogP contribution in [-0.4, -0.2) is 20.6 Å². The van der Waals surface area contributed by atoms with Crippen molar-refractivity contribution in [2.45, 2.75) is 33.2 Å². The molecule has 1 aromatic carbocycles. The van der Waals surface area contributed by atoms with E-state index in [0.29, 0.717) is 22.8 Å². The predicted octanol–water partition coefficient (Wildman–Crippen LogP) is 4.30. The van der Waals surface area contributed by atoms with Crippen LogP contribution in [0.1, 0.15) is 30.8 Å². The summed E-state index contributed by atoms with van der Waals surface area (Å²) in [6, 6.07) is 3.26. The molecule has 2 rings (SSSR count). The predicted molar refractivity (Wildman–Crippen MR) is 92.8 cm³/mol. The van der Waals surface area contributed by atoms with Crippen molar-refractivity contribution in [1.29, 1.82) is 0 Å². The van der Waals surface area contributed by atoms with E-state index in [0.717, 1.165) is 0 Å². The van der Waals surface area contributed by atoms with Crippen LogP contribution in [0.3, 0.4) is 0 Å². The molecular formula is C15H16Cl2N4O3. The first kappa shape index (κ1) is 18.2. The molecular weight excluding hydrogens is 355 g/mol. The molecule has 2 aromatic rings. The van der Waals surface area contributed by atoms with E-state index in [1.165, 1.54) is 18.2 Å². The minimum Gasteiger partial charge on any atom is -0.323 e. The van der Waals surface area contributed by atoms with Crippen molar-refractivity contribution in [3.05, 3.63) is 49.7 Å². The highest BCUT2D eigenvalue weighted by Gasteiger charge is 2.24. The summed E-state index contributed by atoms with van der Waals surface area (Å²) in [6.07, 6.45) is 0.469. The quantitative estimate of drug-likeness (QED) is 0.627. The van der Waals surface area contributed by atoms with Crippen molar-refractivity contribution in [3.63, 3.8) is 0 Å². The van der Waals surface area contributed by atoms with Crippen molar-refractivity contribution in [1.82, 2.24) is 9.78 Å². The summed E-state index contributed by atoms with van der Waals surface area (Å²) in [5, 5.41) is 18.5. The number of aromatic nitrogens is 2. The van der Waals surface area contributed by atoms with Gasteiger partial charge in [0.05, 0.1) is 32.0 Å². The lowest BCUT2D eigenvalue weighted by atomic mass is 10.2. The lowest BCUT2D eigenvalue weighted by Gasteiger charge is -2.17. The topological polar surface area (TPSA) is 90.1 Å². The molecule has 0 aliphatic rings. The molecule has 1 amide bonds. The zero-order chi connectivity index (χ0) is 18.0. The van der Waals surface area contributed by atoms with Gasteiger partial charge in [0.15, 0.2) is 0 Å². The van der Waals surface area contributed by atoms with Gasteiger partial charge in [-0.1, -0.05) is 30.1 Å². The number of non-ortho nitro benzene ring substituents is 1. The van der Waals surface area contributed by atoms with Crippen LogP contribution < -0.4 is 5.32 Å². The fourth-order valence-electron chi connectivity index (χ4n) is 2.35. The monoisotopic (exact) mass is 370 g/mol. The third kappa shape index (κ3) is 3.52. The molecule has 0 aliphatic heterocycles. The van der Waals surface area contributed by atoms with Gasteiger partial charge in [-0.25, -0.2) is 0 Å². The minimum atomic E-state index is -0.605. The standard InChI is InChI=1S/C15H16Cl2N4O3/c1-4-13(20-9(3)14(17)8(2)19-20)15(22)18-12-7-10(21(23)24)5-6-11(12)16/h5-7,13H,4H2,1-3H3,(H,18,22). The van der Waals surface area contributed by atoms with Gasteiger partial charge in [-0.3, -0.25) is 19.6 Å². The Bertz CT molecular complexity index is 804. The molecule has 0 saturated carbocycles. The number of nitrogens with one attached hydrogen (secondary N) is 1. The average Bonchev–Trinajstić information content (AvgIpc) is 2.78. The van der Waals surface area contributed by atoms with E-state index in [9.17, 15) is 14.9 Å². The maximum Gasteiger partial charge on any atom is 0.271 e. The third-order valence-corrected chi connectivity index (χ3v) is 4.52. The maximum atomic E-state index is 12.6. The number of nitro benzene ring substituents is 1. The second-order valence-corrected chi connectivity index (χ2v) is 6.05. The summed E-state index contributed by atoms with van der Waals surface area (Å²) < 4.78 is 1.55. The minimum absolute atomic E-state index is 0.156. The molecule has 1 N–H and O–H groups in total. The number of hydrogen-bond acceptors (Lipinski definition) is 4. The van der Waals surface area contributed by atoms with E-state index in [1.54, 1.807) is 18.5 Å². The van der Waals surface area contributed by atoms with Crippen LogP contribution >= 0.6 is 23.2 Å². The number of halogens is 2. The molecule has 128 valence electrons. The number of carbonyl (C=O) groups is 1. The third-order valence-electron chi connectivity index (χ3n) is 3.64. The largest absolute Gasteiger partial charge is 0.323 e. The molecule has 1 atom stereocenters. The number of anilines is 1. The van der Waals surface area contributed by atoms with Gasteiger partial charge >= 0.3 is 0 Å². The molecule has 0 aliphatic carbocycles. The summed E-state index contributed by atoms with van der Waals surface area (Å²) in [5.74, 6) is -0.373. The van der Waals surface area contributed by atoms with Gasteiger partial charge < -0.3 is 5.32 Å². The van der Waals surface area contributed by atoms with E-state index in [2.05, 4.69) is 10.4 Å². The lowest BCUT2D eigenvalue weighted by molar-refractivity contribution is -0.384. The SMILES string of the molecule is CCC(C(=O)Nc1cc([N+](=O)[O-])ccc1Cl)n1nc(C)c(Cl)c1C. The number of benzene rings is 1. The fraction of sp³-hybridized carbons (Fsp3) is 0.333. The second-order valence-electron chi connectivity index (χ2n) is 5.26. The number of nitro groups is 1. The highest BCUT2D eigenvalue weighted by Crippen LogP contribution is 2.29. The molecule has 1 aromatic heterocycles. The van der Waals surface area contributed by atoms with Crippen molar-refractivity contribution in [2.24, 2.45) is 0 Å². The molecule has 1 unspecified atom stereocenters. The number of hydrogen-bond donors (Lipinski definition) is 1. The number of nitrogens with zero attached hydrogens (tertiary/aromatic N) is 3. The first-order valence-corrected chi connectivity index (χ1v) is 7.97. The zero-order valence-corrected chi connectivity index (χ0v) is 14.9. The molecule has 0 spiro atoms. The van der Waals surface area contributed by atoms with Crippen LogP contribution in [0.15, 0.2) is 18.2 Å². The van der Waals surface area contributed by atoms with E-state index >= 15 is 0 Å². The highest BCUT2D eigenvalue weighted by molar-refractivity contribution is 6.34. The van der Waals surface area contributed by atoms with Gasteiger partial charge in [-0.05, 0) is 26.3 Å². The zero-order valence-electron chi connectivity index (χ0n) is 13.3.